The summed E-state index contributed by atoms with van der Waals surface area (Å²) in [6, 6.07) is 4.09. The lowest BCUT2D eigenvalue weighted by molar-refractivity contribution is 0.251. The molecule has 2 N–H and O–H groups in total. The van der Waals surface area contributed by atoms with Gasteiger partial charge in [0.25, 0.3) is 0 Å². The Kier molecular flexibility index (Phi) is 4.86. The molecule has 0 spiro atoms. The number of ether oxygens (including phenoxy) is 2. The molecule has 0 unspecified atom stereocenters. The molecule has 0 amide bonds. The summed E-state index contributed by atoms with van der Waals surface area (Å²) in [5, 5.41) is 12.2. The minimum atomic E-state index is 0.0831. The van der Waals surface area contributed by atoms with E-state index in [2.05, 4.69) is 21.2 Å². The normalized spacial score (nSPS) is 16.2. The van der Waals surface area contributed by atoms with Gasteiger partial charge < -0.3 is 19.9 Å². The van der Waals surface area contributed by atoms with Crippen molar-refractivity contribution in [2.75, 3.05) is 19.8 Å². The smallest absolute Gasteiger partial charge is 0.175 e. The monoisotopic (exact) mass is 315 g/mol. The maximum Gasteiger partial charge on any atom is 0.175 e. The van der Waals surface area contributed by atoms with Crippen LogP contribution in [0.4, 0.5) is 0 Å². The van der Waals surface area contributed by atoms with Gasteiger partial charge in [-0.3, -0.25) is 0 Å². The SMILES string of the molecule is C[C@@H](CO)NCc1cc(Br)c2c(c1)OCCCO2. The Bertz CT molecular complexity index is 411. The first-order valence-electron chi connectivity index (χ1n) is 6.13. The minimum Gasteiger partial charge on any atom is -0.490 e. The number of rotatable bonds is 4. The van der Waals surface area contributed by atoms with Crippen molar-refractivity contribution in [3.8, 4) is 11.5 Å². The summed E-state index contributed by atoms with van der Waals surface area (Å²) in [6.45, 7) is 4.13. The van der Waals surface area contributed by atoms with Crippen LogP contribution < -0.4 is 14.8 Å². The molecule has 0 fully saturated rings. The maximum atomic E-state index is 8.98. The molecular formula is C13H18BrNO3. The molecule has 4 nitrogen and oxygen atoms in total. The van der Waals surface area contributed by atoms with E-state index in [0.29, 0.717) is 19.8 Å². The molecule has 1 atom stereocenters. The van der Waals surface area contributed by atoms with Gasteiger partial charge in [0.05, 0.1) is 24.3 Å². The predicted molar refractivity (Wildman–Crippen MR) is 73.1 cm³/mol. The summed E-state index contributed by atoms with van der Waals surface area (Å²) < 4.78 is 12.2. The fraction of sp³-hybridized carbons (Fsp3) is 0.538. The molecule has 18 heavy (non-hydrogen) atoms. The Morgan fingerprint density at radius 1 is 1.39 bits per heavy atom. The molecule has 100 valence electrons. The zero-order valence-corrected chi connectivity index (χ0v) is 12.0. The Hall–Kier alpha value is -0.780. The average molecular weight is 316 g/mol. The van der Waals surface area contributed by atoms with Gasteiger partial charge in [-0.25, -0.2) is 0 Å². The molecule has 1 aromatic rings. The van der Waals surface area contributed by atoms with Crippen molar-refractivity contribution in [1.29, 1.82) is 0 Å². The molecule has 1 heterocycles. The van der Waals surface area contributed by atoms with Gasteiger partial charge in [-0.15, -0.1) is 0 Å². The van der Waals surface area contributed by atoms with Crippen molar-refractivity contribution in [3.63, 3.8) is 0 Å². The highest BCUT2D eigenvalue weighted by Gasteiger charge is 2.15. The summed E-state index contributed by atoms with van der Waals surface area (Å²) in [4.78, 5) is 0. The Morgan fingerprint density at radius 3 is 2.94 bits per heavy atom. The van der Waals surface area contributed by atoms with Gasteiger partial charge in [0.2, 0.25) is 0 Å². The molecule has 5 heteroatoms. The van der Waals surface area contributed by atoms with E-state index in [0.717, 1.165) is 28.0 Å². The summed E-state index contributed by atoms with van der Waals surface area (Å²) in [6.07, 6.45) is 0.899. The number of aliphatic hydroxyl groups is 1. The third-order valence-electron chi connectivity index (χ3n) is 2.79. The van der Waals surface area contributed by atoms with Crippen molar-refractivity contribution in [2.45, 2.75) is 25.9 Å². The highest BCUT2D eigenvalue weighted by atomic mass is 79.9. The molecule has 1 aromatic carbocycles. The number of hydrogen-bond donors (Lipinski definition) is 2. The van der Waals surface area contributed by atoms with E-state index < -0.39 is 0 Å². The van der Waals surface area contributed by atoms with E-state index in [-0.39, 0.29) is 12.6 Å². The van der Waals surface area contributed by atoms with Crippen LogP contribution in [0.2, 0.25) is 0 Å². The van der Waals surface area contributed by atoms with E-state index in [1.807, 2.05) is 19.1 Å². The highest BCUT2D eigenvalue weighted by Crippen LogP contribution is 2.38. The molecule has 0 saturated heterocycles. The predicted octanol–water partition coefficient (Wildman–Crippen LogP) is 2.08. The number of aliphatic hydroxyl groups excluding tert-OH is 1. The van der Waals surface area contributed by atoms with E-state index in [9.17, 15) is 0 Å². The number of benzene rings is 1. The van der Waals surface area contributed by atoms with E-state index in [1.165, 1.54) is 0 Å². The highest BCUT2D eigenvalue weighted by molar-refractivity contribution is 9.10. The van der Waals surface area contributed by atoms with Crippen LogP contribution >= 0.6 is 15.9 Å². The summed E-state index contributed by atoms with van der Waals surface area (Å²) >= 11 is 3.51. The number of halogens is 1. The first-order valence-corrected chi connectivity index (χ1v) is 6.92. The zero-order valence-electron chi connectivity index (χ0n) is 10.4. The van der Waals surface area contributed by atoms with Gasteiger partial charge in [0.15, 0.2) is 11.5 Å². The number of fused-ring (bicyclic) bond motifs is 1. The average Bonchev–Trinajstić information content (AvgIpc) is 2.61. The second-order valence-electron chi connectivity index (χ2n) is 4.42. The molecule has 0 bridgehead atoms. The van der Waals surface area contributed by atoms with Crippen molar-refractivity contribution in [1.82, 2.24) is 5.32 Å². The molecule has 1 aliphatic heterocycles. The van der Waals surface area contributed by atoms with Crippen LogP contribution in [-0.4, -0.2) is 31.0 Å². The van der Waals surface area contributed by atoms with E-state index in [4.69, 9.17) is 14.6 Å². The van der Waals surface area contributed by atoms with Gasteiger partial charge in [0, 0.05) is 19.0 Å². The standard InChI is InChI=1S/C13H18BrNO3/c1-9(8-16)15-7-10-5-11(14)13-12(6-10)17-3-2-4-18-13/h5-6,9,15-16H,2-4,7-8H2,1H3/t9-/m0/s1. The van der Waals surface area contributed by atoms with Crippen LogP contribution in [-0.2, 0) is 6.54 Å². The van der Waals surface area contributed by atoms with Crippen LogP contribution in [0.25, 0.3) is 0 Å². The maximum absolute atomic E-state index is 8.98. The summed E-state index contributed by atoms with van der Waals surface area (Å²) in [5.41, 5.74) is 1.10. The lowest BCUT2D eigenvalue weighted by atomic mass is 10.2. The van der Waals surface area contributed by atoms with Crippen LogP contribution in [0.1, 0.15) is 18.9 Å². The topological polar surface area (TPSA) is 50.7 Å². The van der Waals surface area contributed by atoms with Crippen LogP contribution in [0.5, 0.6) is 11.5 Å². The molecule has 1 aliphatic rings. The minimum absolute atomic E-state index is 0.0831. The van der Waals surface area contributed by atoms with Crippen LogP contribution in [0, 0.1) is 0 Å². The van der Waals surface area contributed by atoms with Gasteiger partial charge in [-0.1, -0.05) is 0 Å². The summed E-state index contributed by atoms with van der Waals surface area (Å²) in [5.74, 6) is 1.57. The Morgan fingerprint density at radius 2 is 2.17 bits per heavy atom. The zero-order chi connectivity index (χ0) is 13.0. The van der Waals surface area contributed by atoms with Gasteiger partial charge in [-0.2, -0.15) is 0 Å². The Balaban J connectivity index is 2.13. The van der Waals surface area contributed by atoms with E-state index >= 15 is 0 Å². The van der Waals surface area contributed by atoms with E-state index in [1.54, 1.807) is 0 Å². The molecule has 0 saturated carbocycles. The van der Waals surface area contributed by atoms with Gasteiger partial charge in [0.1, 0.15) is 0 Å². The third-order valence-corrected chi connectivity index (χ3v) is 3.38. The fourth-order valence-corrected chi connectivity index (χ4v) is 2.35. The van der Waals surface area contributed by atoms with Crippen molar-refractivity contribution in [2.24, 2.45) is 0 Å². The third kappa shape index (κ3) is 3.37. The molecule has 2 rings (SSSR count). The Labute approximate surface area is 115 Å². The second kappa shape index (κ2) is 6.41. The van der Waals surface area contributed by atoms with Crippen molar-refractivity contribution in [3.05, 3.63) is 22.2 Å². The van der Waals surface area contributed by atoms with Crippen LogP contribution in [0.3, 0.4) is 0 Å². The number of nitrogens with one attached hydrogen (secondary N) is 1. The lowest BCUT2D eigenvalue weighted by Crippen LogP contribution is -2.28. The molecule has 0 aromatic heterocycles. The first-order chi connectivity index (χ1) is 8.70. The van der Waals surface area contributed by atoms with Crippen LogP contribution in [0.15, 0.2) is 16.6 Å². The first kappa shape index (κ1) is 13.6. The van der Waals surface area contributed by atoms with Gasteiger partial charge >= 0.3 is 0 Å². The largest absolute Gasteiger partial charge is 0.490 e. The molecular weight excluding hydrogens is 298 g/mol. The fourth-order valence-electron chi connectivity index (χ4n) is 1.74. The van der Waals surface area contributed by atoms with Crippen molar-refractivity contribution >= 4 is 15.9 Å². The molecule has 0 aliphatic carbocycles. The molecule has 0 radical (unpaired) electrons. The quantitative estimate of drug-likeness (QED) is 0.893. The van der Waals surface area contributed by atoms with Gasteiger partial charge in [-0.05, 0) is 40.5 Å². The summed E-state index contributed by atoms with van der Waals surface area (Å²) in [7, 11) is 0. The number of hydrogen-bond acceptors (Lipinski definition) is 4. The lowest BCUT2D eigenvalue weighted by Gasteiger charge is -2.14. The second-order valence-corrected chi connectivity index (χ2v) is 5.27. The van der Waals surface area contributed by atoms with Crippen molar-refractivity contribution < 1.29 is 14.6 Å².